The van der Waals surface area contributed by atoms with E-state index in [0.29, 0.717) is 6.26 Å². The standard InChI is InChI=1S/C8H8O5/c9-3-6-5(8(12)13)1-4(10)2-7(6)11/h3,5,9H,1-2H2,(H,12,13)/b6-3+. The molecule has 0 aromatic heterocycles. The topological polar surface area (TPSA) is 91.7 Å². The Bertz CT molecular complexity index is 302. The molecule has 1 aliphatic rings. The Balaban J connectivity index is 2.98. The lowest BCUT2D eigenvalue weighted by atomic mass is 9.83. The van der Waals surface area contributed by atoms with Crippen LogP contribution in [0.15, 0.2) is 11.8 Å². The number of carboxylic acid groups (broad SMARTS) is 1. The van der Waals surface area contributed by atoms with E-state index in [2.05, 4.69) is 0 Å². The molecule has 0 amide bonds. The van der Waals surface area contributed by atoms with Gasteiger partial charge in [0.15, 0.2) is 5.78 Å². The Kier molecular flexibility index (Phi) is 2.46. The molecule has 0 heterocycles. The van der Waals surface area contributed by atoms with Crippen LogP contribution in [0, 0.1) is 5.92 Å². The smallest absolute Gasteiger partial charge is 0.311 e. The lowest BCUT2D eigenvalue weighted by Crippen LogP contribution is -2.31. The minimum absolute atomic E-state index is 0.188. The van der Waals surface area contributed by atoms with Gasteiger partial charge in [0.05, 0.1) is 18.6 Å². The highest BCUT2D eigenvalue weighted by Crippen LogP contribution is 2.24. The second kappa shape index (κ2) is 3.38. The van der Waals surface area contributed by atoms with E-state index in [1.54, 1.807) is 0 Å². The van der Waals surface area contributed by atoms with Crippen LogP contribution in [0.1, 0.15) is 12.8 Å². The highest BCUT2D eigenvalue weighted by atomic mass is 16.4. The number of hydrogen-bond acceptors (Lipinski definition) is 4. The maximum Gasteiger partial charge on any atom is 0.311 e. The monoisotopic (exact) mass is 184 g/mol. The minimum Gasteiger partial charge on any atom is -0.515 e. The van der Waals surface area contributed by atoms with E-state index < -0.39 is 23.5 Å². The number of aliphatic hydroxyl groups excluding tert-OH is 1. The van der Waals surface area contributed by atoms with Crippen LogP contribution in [0.2, 0.25) is 0 Å². The Labute approximate surface area is 73.7 Å². The van der Waals surface area contributed by atoms with Gasteiger partial charge in [-0.25, -0.2) is 0 Å². The number of ketones is 2. The second-order valence-corrected chi connectivity index (χ2v) is 2.82. The van der Waals surface area contributed by atoms with Gasteiger partial charge in [0.2, 0.25) is 0 Å². The number of Topliss-reactive ketones (excluding diaryl/α,β-unsaturated/α-hetero) is 2. The van der Waals surface area contributed by atoms with Crippen molar-refractivity contribution < 1.29 is 24.6 Å². The first-order valence-electron chi connectivity index (χ1n) is 3.68. The molecular formula is C8H8O5. The fourth-order valence-electron chi connectivity index (χ4n) is 1.27. The molecule has 0 radical (unpaired) electrons. The highest BCUT2D eigenvalue weighted by Gasteiger charge is 2.35. The average molecular weight is 184 g/mol. The van der Waals surface area contributed by atoms with Gasteiger partial charge < -0.3 is 10.2 Å². The molecular weight excluding hydrogens is 176 g/mol. The fourth-order valence-corrected chi connectivity index (χ4v) is 1.27. The van der Waals surface area contributed by atoms with E-state index in [9.17, 15) is 14.4 Å². The molecule has 0 aliphatic heterocycles. The number of aliphatic carboxylic acids is 1. The van der Waals surface area contributed by atoms with E-state index in [0.717, 1.165) is 0 Å². The van der Waals surface area contributed by atoms with Crippen LogP contribution in [0.4, 0.5) is 0 Å². The summed E-state index contributed by atoms with van der Waals surface area (Å²) in [5, 5.41) is 17.2. The Morgan fingerprint density at radius 2 is 2.08 bits per heavy atom. The van der Waals surface area contributed by atoms with Gasteiger partial charge in [-0.15, -0.1) is 0 Å². The predicted octanol–water partition coefficient (Wildman–Crippen LogP) is 0.0611. The summed E-state index contributed by atoms with van der Waals surface area (Å²) in [5.41, 5.74) is -0.188. The summed E-state index contributed by atoms with van der Waals surface area (Å²) in [6.07, 6.45) is -0.0444. The summed E-state index contributed by atoms with van der Waals surface area (Å²) in [6, 6.07) is 0. The summed E-state index contributed by atoms with van der Waals surface area (Å²) in [4.78, 5) is 32.5. The van der Waals surface area contributed by atoms with Crippen LogP contribution in [0.3, 0.4) is 0 Å². The van der Waals surface area contributed by atoms with E-state index >= 15 is 0 Å². The van der Waals surface area contributed by atoms with Crippen molar-refractivity contribution in [3.8, 4) is 0 Å². The lowest BCUT2D eigenvalue weighted by Gasteiger charge is -2.18. The Morgan fingerprint density at radius 3 is 2.54 bits per heavy atom. The molecule has 0 saturated heterocycles. The first-order valence-corrected chi connectivity index (χ1v) is 3.68. The first kappa shape index (κ1) is 9.44. The quantitative estimate of drug-likeness (QED) is 0.341. The molecule has 2 N–H and O–H groups in total. The van der Waals surface area contributed by atoms with Gasteiger partial charge in [0.1, 0.15) is 5.78 Å². The van der Waals surface area contributed by atoms with Crippen LogP contribution in [0.25, 0.3) is 0 Å². The minimum atomic E-state index is -1.26. The third kappa shape index (κ3) is 1.74. The third-order valence-corrected chi connectivity index (χ3v) is 1.92. The number of carbonyl (C=O) groups is 3. The molecule has 70 valence electrons. The molecule has 5 heteroatoms. The van der Waals surface area contributed by atoms with Gasteiger partial charge in [0.25, 0.3) is 0 Å². The third-order valence-electron chi connectivity index (χ3n) is 1.92. The van der Waals surface area contributed by atoms with Crippen molar-refractivity contribution in [1.82, 2.24) is 0 Å². The zero-order valence-corrected chi connectivity index (χ0v) is 6.69. The molecule has 1 rings (SSSR count). The zero-order valence-electron chi connectivity index (χ0n) is 6.69. The summed E-state index contributed by atoms with van der Waals surface area (Å²) < 4.78 is 0. The average Bonchev–Trinajstić information content (AvgIpc) is 2.02. The van der Waals surface area contributed by atoms with E-state index in [-0.39, 0.29) is 18.4 Å². The molecule has 1 atom stereocenters. The fraction of sp³-hybridized carbons (Fsp3) is 0.375. The molecule has 13 heavy (non-hydrogen) atoms. The van der Waals surface area contributed by atoms with Crippen molar-refractivity contribution in [2.75, 3.05) is 0 Å². The van der Waals surface area contributed by atoms with Gasteiger partial charge in [-0.1, -0.05) is 0 Å². The number of carboxylic acids is 1. The van der Waals surface area contributed by atoms with E-state index in [1.807, 2.05) is 0 Å². The summed E-state index contributed by atoms with van der Waals surface area (Å²) in [7, 11) is 0. The van der Waals surface area contributed by atoms with Crippen molar-refractivity contribution in [3.05, 3.63) is 11.8 Å². The zero-order chi connectivity index (χ0) is 10.0. The summed E-state index contributed by atoms with van der Waals surface area (Å²) in [5.74, 6) is -3.45. The molecule has 1 aliphatic carbocycles. The molecule has 0 aromatic carbocycles. The maximum absolute atomic E-state index is 11.0. The molecule has 5 nitrogen and oxygen atoms in total. The lowest BCUT2D eigenvalue weighted by molar-refractivity contribution is -0.145. The molecule has 1 saturated carbocycles. The van der Waals surface area contributed by atoms with Crippen molar-refractivity contribution in [1.29, 1.82) is 0 Å². The van der Waals surface area contributed by atoms with Gasteiger partial charge in [-0.05, 0) is 0 Å². The van der Waals surface area contributed by atoms with Crippen molar-refractivity contribution in [3.63, 3.8) is 0 Å². The van der Waals surface area contributed by atoms with Crippen LogP contribution >= 0.6 is 0 Å². The van der Waals surface area contributed by atoms with E-state index in [4.69, 9.17) is 10.2 Å². The number of aliphatic hydroxyl groups is 1. The number of carbonyl (C=O) groups excluding carboxylic acids is 2. The SMILES string of the molecule is O=C1CC(=O)/C(=C/O)C(C(=O)O)C1. The van der Waals surface area contributed by atoms with Gasteiger partial charge >= 0.3 is 5.97 Å². The molecule has 0 spiro atoms. The van der Waals surface area contributed by atoms with Gasteiger partial charge in [-0.3, -0.25) is 14.4 Å². The summed E-state index contributed by atoms with van der Waals surface area (Å²) >= 11 is 0. The molecule has 1 fully saturated rings. The van der Waals surface area contributed by atoms with Gasteiger partial charge in [0, 0.05) is 12.0 Å². The number of rotatable bonds is 1. The normalized spacial score (nSPS) is 26.5. The predicted molar refractivity (Wildman–Crippen MR) is 41.1 cm³/mol. The highest BCUT2D eigenvalue weighted by molar-refractivity contribution is 6.13. The van der Waals surface area contributed by atoms with Crippen LogP contribution in [0.5, 0.6) is 0 Å². The molecule has 1 unspecified atom stereocenters. The molecule has 0 bridgehead atoms. The number of hydrogen-bond donors (Lipinski definition) is 2. The van der Waals surface area contributed by atoms with E-state index in [1.165, 1.54) is 0 Å². The first-order chi connectivity index (χ1) is 6.06. The van der Waals surface area contributed by atoms with Crippen molar-refractivity contribution >= 4 is 17.5 Å². The Hall–Kier alpha value is -1.65. The van der Waals surface area contributed by atoms with Crippen molar-refractivity contribution in [2.45, 2.75) is 12.8 Å². The molecule has 0 aromatic rings. The largest absolute Gasteiger partial charge is 0.515 e. The Morgan fingerprint density at radius 1 is 1.46 bits per heavy atom. The van der Waals surface area contributed by atoms with Crippen LogP contribution in [-0.2, 0) is 14.4 Å². The van der Waals surface area contributed by atoms with Crippen LogP contribution < -0.4 is 0 Å². The van der Waals surface area contributed by atoms with Gasteiger partial charge in [-0.2, -0.15) is 0 Å². The van der Waals surface area contributed by atoms with Crippen LogP contribution in [-0.4, -0.2) is 27.7 Å². The maximum atomic E-state index is 11.0. The summed E-state index contributed by atoms with van der Waals surface area (Å²) in [6.45, 7) is 0. The second-order valence-electron chi connectivity index (χ2n) is 2.82. The van der Waals surface area contributed by atoms with Crippen molar-refractivity contribution in [2.24, 2.45) is 5.92 Å².